The molecule has 0 atom stereocenters. The molecule has 1 saturated heterocycles. The Balaban J connectivity index is 1.63. The number of halogens is 1. The first kappa shape index (κ1) is 22.2. The van der Waals surface area contributed by atoms with E-state index < -0.39 is 0 Å². The lowest BCUT2D eigenvalue weighted by molar-refractivity contribution is 0.0964. The first-order chi connectivity index (χ1) is 16.5. The summed E-state index contributed by atoms with van der Waals surface area (Å²) in [6.45, 7) is 4.01. The molecule has 0 unspecified atom stereocenters. The number of benzene rings is 2. The van der Waals surface area contributed by atoms with Crippen LogP contribution in [0.15, 0.2) is 42.6 Å². The second kappa shape index (κ2) is 9.32. The Hall–Kier alpha value is -3.62. The van der Waals surface area contributed by atoms with Gasteiger partial charge in [-0.3, -0.25) is 4.79 Å². The molecule has 0 aliphatic carbocycles. The van der Waals surface area contributed by atoms with Crippen LogP contribution in [-0.4, -0.2) is 61.0 Å². The van der Waals surface area contributed by atoms with E-state index in [1.165, 1.54) is 5.69 Å². The lowest BCUT2D eigenvalue weighted by atomic mass is 10.0. The number of nitrogens with one attached hydrogen (secondary N) is 3. The van der Waals surface area contributed by atoms with Gasteiger partial charge in [-0.15, -0.1) is 0 Å². The van der Waals surface area contributed by atoms with Crippen LogP contribution in [0, 0.1) is 0 Å². The molecule has 5 rings (SSSR count). The first-order valence-corrected chi connectivity index (χ1v) is 11.6. The van der Waals surface area contributed by atoms with E-state index >= 15 is 0 Å². The molecule has 3 aromatic rings. The maximum atomic E-state index is 12.5. The monoisotopic (exact) mass is 475 g/mol. The van der Waals surface area contributed by atoms with Crippen molar-refractivity contribution in [2.45, 2.75) is 0 Å². The molecule has 1 aromatic heterocycles. The van der Waals surface area contributed by atoms with E-state index in [0.29, 0.717) is 28.0 Å². The standard InChI is InChI=1S/C25H26ClN7O/c1-27-24(34)19-7-4-16-3-5-17-14-18(6-8-22(17)33-11-9-32(2)10-12-33)29-25-28-15-20(26)23(31-25)30-21(19)13-16/h3-8,13-15H,9-12H2,1-2H3,(H,27,34)(H2,28,29,30,31)/b5-3-. The first-order valence-electron chi connectivity index (χ1n) is 11.2. The Morgan fingerprint density at radius 1 is 1.06 bits per heavy atom. The number of aromatic nitrogens is 2. The third-order valence-electron chi connectivity index (χ3n) is 6.10. The molecule has 34 heavy (non-hydrogen) atoms. The third kappa shape index (κ3) is 4.55. The van der Waals surface area contributed by atoms with Crippen molar-refractivity contribution < 1.29 is 4.79 Å². The lowest BCUT2D eigenvalue weighted by Gasteiger charge is -2.35. The predicted molar refractivity (Wildman–Crippen MR) is 139 cm³/mol. The SMILES string of the molecule is CNC(=O)c1ccc2cc1Nc1nc(ncc1Cl)Nc1ccc(N3CCN(C)CC3)c(c1)/C=C\2. The highest BCUT2D eigenvalue weighted by Crippen LogP contribution is 2.32. The van der Waals surface area contributed by atoms with Gasteiger partial charge in [-0.1, -0.05) is 29.8 Å². The van der Waals surface area contributed by atoms with Gasteiger partial charge in [-0.05, 0) is 48.5 Å². The average Bonchev–Trinajstić information content (AvgIpc) is 2.85. The normalized spacial score (nSPS) is 16.3. The fourth-order valence-electron chi connectivity index (χ4n) is 4.16. The topological polar surface area (TPSA) is 85.4 Å². The number of hydrogen-bond acceptors (Lipinski definition) is 7. The second-order valence-corrected chi connectivity index (χ2v) is 8.83. The summed E-state index contributed by atoms with van der Waals surface area (Å²) in [4.78, 5) is 26.1. The van der Waals surface area contributed by atoms with E-state index in [4.69, 9.17) is 11.6 Å². The molecule has 2 aromatic carbocycles. The summed E-state index contributed by atoms with van der Waals surface area (Å²) in [6.07, 6.45) is 5.71. The van der Waals surface area contributed by atoms with Crippen molar-refractivity contribution in [1.29, 1.82) is 0 Å². The van der Waals surface area contributed by atoms with Crippen molar-refractivity contribution in [3.8, 4) is 0 Å². The molecule has 9 heteroatoms. The minimum Gasteiger partial charge on any atom is -0.368 e. The van der Waals surface area contributed by atoms with E-state index in [0.717, 1.165) is 43.0 Å². The molecule has 174 valence electrons. The minimum absolute atomic E-state index is 0.199. The van der Waals surface area contributed by atoms with Crippen molar-refractivity contribution in [1.82, 2.24) is 20.2 Å². The van der Waals surface area contributed by atoms with Crippen LogP contribution in [0.2, 0.25) is 5.02 Å². The van der Waals surface area contributed by atoms with Crippen LogP contribution in [0.3, 0.4) is 0 Å². The zero-order valence-electron chi connectivity index (χ0n) is 19.1. The van der Waals surface area contributed by atoms with Gasteiger partial charge >= 0.3 is 0 Å². The van der Waals surface area contributed by atoms with Crippen molar-refractivity contribution >= 4 is 58.5 Å². The molecule has 6 bridgehead atoms. The van der Waals surface area contributed by atoms with Gasteiger partial charge in [0.25, 0.3) is 5.91 Å². The van der Waals surface area contributed by atoms with Gasteiger partial charge in [0.1, 0.15) is 5.02 Å². The molecule has 2 aliphatic heterocycles. The lowest BCUT2D eigenvalue weighted by Crippen LogP contribution is -2.44. The number of anilines is 5. The van der Waals surface area contributed by atoms with Gasteiger partial charge < -0.3 is 25.8 Å². The number of carbonyl (C=O) groups is 1. The zero-order valence-corrected chi connectivity index (χ0v) is 19.9. The van der Waals surface area contributed by atoms with Gasteiger partial charge in [0.05, 0.1) is 17.4 Å². The van der Waals surface area contributed by atoms with Crippen molar-refractivity contribution in [2.24, 2.45) is 0 Å². The number of carbonyl (C=O) groups excluding carboxylic acids is 1. The maximum Gasteiger partial charge on any atom is 0.253 e. The Morgan fingerprint density at radius 2 is 1.88 bits per heavy atom. The molecular formula is C25H26ClN7O. The van der Waals surface area contributed by atoms with Crippen LogP contribution in [0.4, 0.5) is 28.8 Å². The van der Waals surface area contributed by atoms with E-state index in [2.05, 4.69) is 67.1 Å². The van der Waals surface area contributed by atoms with E-state index in [-0.39, 0.29) is 5.91 Å². The number of likely N-dealkylation sites (N-methyl/N-ethyl adjacent to an activating group) is 1. The number of piperazine rings is 1. The summed E-state index contributed by atoms with van der Waals surface area (Å²) in [5.74, 6) is 0.625. The summed E-state index contributed by atoms with van der Waals surface area (Å²) >= 11 is 6.38. The van der Waals surface area contributed by atoms with Crippen LogP contribution >= 0.6 is 11.6 Å². The number of hydrogen-bond donors (Lipinski definition) is 3. The number of fused-ring (bicyclic) bond motifs is 6. The highest BCUT2D eigenvalue weighted by molar-refractivity contribution is 6.33. The zero-order chi connectivity index (χ0) is 23.7. The summed E-state index contributed by atoms with van der Waals surface area (Å²) < 4.78 is 0. The van der Waals surface area contributed by atoms with Gasteiger partial charge in [0, 0.05) is 44.6 Å². The van der Waals surface area contributed by atoms with Crippen molar-refractivity contribution in [3.05, 3.63) is 64.3 Å². The smallest absolute Gasteiger partial charge is 0.253 e. The van der Waals surface area contributed by atoms with E-state index in [1.54, 1.807) is 19.3 Å². The number of rotatable bonds is 2. The number of nitrogens with zero attached hydrogens (tertiary/aromatic N) is 4. The Kier molecular flexibility index (Phi) is 6.08. The summed E-state index contributed by atoms with van der Waals surface area (Å²) in [6, 6.07) is 11.9. The van der Waals surface area contributed by atoms with Crippen LogP contribution < -0.4 is 20.9 Å². The Morgan fingerprint density at radius 3 is 2.68 bits per heavy atom. The molecule has 1 amide bonds. The molecular weight excluding hydrogens is 450 g/mol. The molecule has 0 radical (unpaired) electrons. The van der Waals surface area contributed by atoms with Crippen LogP contribution in [0.1, 0.15) is 21.5 Å². The predicted octanol–water partition coefficient (Wildman–Crippen LogP) is 4.21. The third-order valence-corrected chi connectivity index (χ3v) is 6.37. The largest absolute Gasteiger partial charge is 0.368 e. The second-order valence-electron chi connectivity index (χ2n) is 8.42. The quantitative estimate of drug-likeness (QED) is 0.400. The molecule has 8 nitrogen and oxygen atoms in total. The average molecular weight is 476 g/mol. The molecule has 3 N–H and O–H groups in total. The van der Waals surface area contributed by atoms with Gasteiger partial charge in [-0.2, -0.15) is 4.98 Å². The van der Waals surface area contributed by atoms with E-state index in [9.17, 15) is 4.79 Å². The minimum atomic E-state index is -0.199. The van der Waals surface area contributed by atoms with Crippen molar-refractivity contribution in [2.75, 3.05) is 55.8 Å². The van der Waals surface area contributed by atoms with Gasteiger partial charge in [-0.25, -0.2) is 4.98 Å². The van der Waals surface area contributed by atoms with Gasteiger partial charge in [0.15, 0.2) is 5.82 Å². The highest BCUT2D eigenvalue weighted by atomic mass is 35.5. The molecule has 0 spiro atoms. The van der Waals surface area contributed by atoms with Crippen LogP contribution in [0.5, 0.6) is 0 Å². The van der Waals surface area contributed by atoms with Crippen LogP contribution in [-0.2, 0) is 0 Å². The highest BCUT2D eigenvalue weighted by Gasteiger charge is 2.18. The Bertz CT molecular complexity index is 1270. The molecule has 2 aliphatic rings. The maximum absolute atomic E-state index is 12.5. The van der Waals surface area contributed by atoms with Gasteiger partial charge in [0.2, 0.25) is 5.95 Å². The molecule has 1 fully saturated rings. The van der Waals surface area contributed by atoms with E-state index in [1.807, 2.05) is 18.2 Å². The fraction of sp³-hybridized carbons (Fsp3) is 0.240. The summed E-state index contributed by atoms with van der Waals surface area (Å²) in [5, 5.41) is 9.54. The summed E-state index contributed by atoms with van der Waals surface area (Å²) in [7, 11) is 3.76. The molecule has 3 heterocycles. The number of amides is 1. The fourth-order valence-corrected chi connectivity index (χ4v) is 4.30. The summed E-state index contributed by atoms with van der Waals surface area (Å²) in [5.41, 5.74) is 5.21. The van der Waals surface area contributed by atoms with Crippen LogP contribution in [0.25, 0.3) is 12.2 Å². The Labute approximate surface area is 203 Å². The molecule has 0 saturated carbocycles. The van der Waals surface area contributed by atoms with Crippen molar-refractivity contribution in [3.63, 3.8) is 0 Å².